The fourth-order valence-corrected chi connectivity index (χ4v) is 1.94. The van der Waals surface area contributed by atoms with E-state index in [-0.39, 0.29) is 12.0 Å². The number of carbonyl (C=O) groups is 1. The molecule has 0 bridgehead atoms. The van der Waals surface area contributed by atoms with Crippen LogP contribution >= 0.6 is 0 Å². The van der Waals surface area contributed by atoms with Gasteiger partial charge in [0.15, 0.2) is 0 Å². The monoisotopic (exact) mass is 200 g/mol. The molecule has 14 heavy (non-hydrogen) atoms. The van der Waals surface area contributed by atoms with Gasteiger partial charge in [0.2, 0.25) is 5.91 Å². The van der Waals surface area contributed by atoms with Crippen molar-refractivity contribution >= 4 is 5.91 Å². The molecule has 1 aliphatic carbocycles. The van der Waals surface area contributed by atoms with E-state index in [1.165, 1.54) is 12.8 Å². The van der Waals surface area contributed by atoms with Crippen LogP contribution in [-0.4, -0.2) is 31.7 Å². The number of amides is 1. The van der Waals surface area contributed by atoms with Crippen molar-refractivity contribution in [2.45, 2.75) is 44.2 Å². The second-order valence-corrected chi connectivity index (χ2v) is 3.81. The molecule has 0 aromatic carbocycles. The van der Waals surface area contributed by atoms with Crippen LogP contribution in [0.15, 0.2) is 0 Å². The summed E-state index contributed by atoms with van der Waals surface area (Å²) in [5.41, 5.74) is 5.04. The number of carbonyl (C=O) groups excluding carboxylic acids is 1. The van der Waals surface area contributed by atoms with Crippen LogP contribution in [-0.2, 0) is 9.53 Å². The number of nitrogens with one attached hydrogen (secondary N) is 1. The molecule has 0 heterocycles. The molecule has 1 fully saturated rings. The van der Waals surface area contributed by atoms with Crippen molar-refractivity contribution < 1.29 is 9.53 Å². The van der Waals surface area contributed by atoms with Gasteiger partial charge in [-0.15, -0.1) is 0 Å². The first-order valence-corrected chi connectivity index (χ1v) is 5.31. The van der Waals surface area contributed by atoms with Gasteiger partial charge in [0.25, 0.3) is 0 Å². The van der Waals surface area contributed by atoms with E-state index in [1.807, 2.05) is 7.05 Å². The first-order valence-electron chi connectivity index (χ1n) is 5.31. The summed E-state index contributed by atoms with van der Waals surface area (Å²) in [6, 6.07) is 0.441. The molecule has 2 atom stereocenters. The van der Waals surface area contributed by atoms with E-state index in [2.05, 4.69) is 5.32 Å². The molecule has 0 aromatic heterocycles. The Morgan fingerprint density at radius 1 is 1.50 bits per heavy atom. The highest BCUT2D eigenvalue weighted by atomic mass is 16.5. The topological polar surface area (TPSA) is 64.3 Å². The molecular formula is C10H20N2O2. The average Bonchev–Trinajstić information content (AvgIpc) is 2.18. The number of primary amides is 1. The molecule has 4 heteroatoms. The summed E-state index contributed by atoms with van der Waals surface area (Å²) in [7, 11) is 1.96. The zero-order valence-corrected chi connectivity index (χ0v) is 8.79. The van der Waals surface area contributed by atoms with Gasteiger partial charge in [-0.3, -0.25) is 4.79 Å². The second kappa shape index (κ2) is 5.98. The molecule has 1 rings (SSSR count). The molecule has 1 saturated carbocycles. The normalized spacial score (nSPS) is 27.5. The third kappa shape index (κ3) is 3.64. The van der Waals surface area contributed by atoms with Crippen molar-refractivity contribution in [1.82, 2.24) is 5.32 Å². The largest absolute Gasteiger partial charge is 0.376 e. The predicted octanol–water partition coefficient (Wildman–Crippen LogP) is 0.409. The third-order valence-electron chi connectivity index (χ3n) is 2.75. The average molecular weight is 200 g/mol. The molecule has 0 spiro atoms. The molecule has 82 valence electrons. The maximum atomic E-state index is 10.5. The lowest BCUT2D eigenvalue weighted by Gasteiger charge is -2.31. The summed E-state index contributed by atoms with van der Waals surface area (Å²) in [6.07, 6.45) is 5.32. The number of ether oxygens (including phenoxy) is 1. The Kier molecular flexibility index (Phi) is 4.90. The molecule has 2 unspecified atom stereocenters. The Hall–Kier alpha value is -0.610. The Labute approximate surface area is 85.2 Å². The Morgan fingerprint density at radius 3 is 2.86 bits per heavy atom. The van der Waals surface area contributed by atoms with Gasteiger partial charge in [-0.1, -0.05) is 12.8 Å². The van der Waals surface area contributed by atoms with Gasteiger partial charge < -0.3 is 15.8 Å². The zero-order chi connectivity index (χ0) is 10.4. The van der Waals surface area contributed by atoms with E-state index in [4.69, 9.17) is 10.5 Å². The van der Waals surface area contributed by atoms with Crippen LogP contribution < -0.4 is 11.1 Å². The van der Waals surface area contributed by atoms with Gasteiger partial charge in [0.1, 0.15) is 0 Å². The van der Waals surface area contributed by atoms with E-state index in [1.54, 1.807) is 0 Å². The van der Waals surface area contributed by atoms with E-state index < -0.39 is 0 Å². The summed E-state index contributed by atoms with van der Waals surface area (Å²) in [5.74, 6) is -0.290. The summed E-state index contributed by atoms with van der Waals surface area (Å²) < 4.78 is 5.63. The van der Waals surface area contributed by atoms with E-state index in [0.717, 1.165) is 12.8 Å². The lowest BCUT2D eigenvalue weighted by Crippen LogP contribution is -2.42. The van der Waals surface area contributed by atoms with E-state index in [0.29, 0.717) is 19.1 Å². The van der Waals surface area contributed by atoms with Crippen LogP contribution in [0.3, 0.4) is 0 Å². The smallest absolute Gasteiger partial charge is 0.219 e. The SMILES string of the molecule is CNC1CCCCC1OCCC(N)=O. The highest BCUT2D eigenvalue weighted by Crippen LogP contribution is 2.20. The van der Waals surface area contributed by atoms with Crippen molar-refractivity contribution in [2.75, 3.05) is 13.7 Å². The first kappa shape index (κ1) is 11.5. The van der Waals surface area contributed by atoms with Crippen LogP contribution in [0.25, 0.3) is 0 Å². The summed E-state index contributed by atoms with van der Waals surface area (Å²) in [5, 5.41) is 3.25. The number of hydrogen-bond acceptors (Lipinski definition) is 3. The Bertz CT molecular complexity index is 185. The van der Waals surface area contributed by atoms with Crippen molar-refractivity contribution in [3.8, 4) is 0 Å². The molecule has 1 aliphatic rings. The van der Waals surface area contributed by atoms with Crippen molar-refractivity contribution in [3.05, 3.63) is 0 Å². The highest BCUT2D eigenvalue weighted by molar-refractivity contribution is 5.73. The molecule has 3 N–H and O–H groups in total. The first-order chi connectivity index (χ1) is 6.74. The number of hydrogen-bond donors (Lipinski definition) is 2. The molecule has 0 aliphatic heterocycles. The van der Waals surface area contributed by atoms with E-state index >= 15 is 0 Å². The van der Waals surface area contributed by atoms with Crippen molar-refractivity contribution in [2.24, 2.45) is 5.73 Å². The van der Waals surface area contributed by atoms with Crippen LogP contribution in [0.5, 0.6) is 0 Å². The van der Waals surface area contributed by atoms with Gasteiger partial charge in [-0.05, 0) is 19.9 Å². The van der Waals surface area contributed by atoms with Crippen LogP contribution in [0.4, 0.5) is 0 Å². The van der Waals surface area contributed by atoms with E-state index in [9.17, 15) is 4.79 Å². The molecule has 0 radical (unpaired) electrons. The second-order valence-electron chi connectivity index (χ2n) is 3.81. The summed E-state index contributed by atoms with van der Waals surface area (Å²) >= 11 is 0. The summed E-state index contributed by atoms with van der Waals surface area (Å²) in [4.78, 5) is 10.5. The Morgan fingerprint density at radius 2 is 2.21 bits per heavy atom. The van der Waals surface area contributed by atoms with Crippen LogP contribution in [0.2, 0.25) is 0 Å². The number of rotatable bonds is 5. The van der Waals surface area contributed by atoms with Crippen molar-refractivity contribution in [3.63, 3.8) is 0 Å². The maximum absolute atomic E-state index is 10.5. The third-order valence-corrected chi connectivity index (χ3v) is 2.75. The van der Waals surface area contributed by atoms with Crippen molar-refractivity contribution in [1.29, 1.82) is 0 Å². The molecule has 4 nitrogen and oxygen atoms in total. The predicted molar refractivity (Wildman–Crippen MR) is 54.9 cm³/mol. The summed E-state index contributed by atoms with van der Waals surface area (Å²) in [6.45, 7) is 0.457. The van der Waals surface area contributed by atoms with Gasteiger partial charge >= 0.3 is 0 Å². The van der Waals surface area contributed by atoms with Gasteiger partial charge in [0.05, 0.1) is 12.7 Å². The fourth-order valence-electron chi connectivity index (χ4n) is 1.94. The van der Waals surface area contributed by atoms with Gasteiger partial charge in [-0.25, -0.2) is 0 Å². The maximum Gasteiger partial charge on any atom is 0.219 e. The number of nitrogens with two attached hydrogens (primary N) is 1. The van der Waals surface area contributed by atoms with Crippen LogP contribution in [0.1, 0.15) is 32.1 Å². The highest BCUT2D eigenvalue weighted by Gasteiger charge is 2.23. The van der Waals surface area contributed by atoms with Gasteiger partial charge in [-0.2, -0.15) is 0 Å². The number of likely N-dealkylation sites (N-methyl/N-ethyl adjacent to an activating group) is 1. The molecule has 1 amide bonds. The Balaban J connectivity index is 2.22. The molecular weight excluding hydrogens is 180 g/mol. The quantitative estimate of drug-likeness (QED) is 0.675. The minimum atomic E-state index is -0.290. The molecule has 0 aromatic rings. The minimum Gasteiger partial charge on any atom is -0.376 e. The lowest BCUT2D eigenvalue weighted by molar-refractivity contribution is -0.119. The fraction of sp³-hybridized carbons (Fsp3) is 0.900. The van der Waals surface area contributed by atoms with Crippen LogP contribution in [0, 0.1) is 0 Å². The lowest BCUT2D eigenvalue weighted by atomic mass is 9.92. The molecule has 0 saturated heterocycles. The standard InChI is InChI=1S/C10H20N2O2/c1-12-8-4-2-3-5-9(8)14-7-6-10(11)13/h8-9,12H,2-7H2,1H3,(H2,11,13). The minimum absolute atomic E-state index is 0.257. The van der Waals surface area contributed by atoms with Gasteiger partial charge in [0, 0.05) is 12.5 Å². The zero-order valence-electron chi connectivity index (χ0n) is 8.79.